The molecule has 7 nitrogen and oxygen atoms in total. The Morgan fingerprint density at radius 2 is 2.04 bits per heavy atom. The number of hydrogen-bond acceptors (Lipinski definition) is 5. The molecule has 2 aromatic rings. The minimum Gasteiger partial charge on any atom is -0.476 e. The summed E-state index contributed by atoms with van der Waals surface area (Å²) in [6.07, 6.45) is 2.21. The quantitative estimate of drug-likeness (QED) is 0.838. The van der Waals surface area contributed by atoms with E-state index in [0.717, 1.165) is 31.5 Å². The highest BCUT2D eigenvalue weighted by molar-refractivity contribution is 5.87. The van der Waals surface area contributed by atoms with Crippen molar-refractivity contribution in [3.63, 3.8) is 0 Å². The summed E-state index contributed by atoms with van der Waals surface area (Å²) in [5.74, 6) is 6.28. The lowest BCUT2D eigenvalue weighted by molar-refractivity contribution is 0.0687. The normalized spacial score (nSPS) is 15.5. The molecule has 2 heterocycles. The highest BCUT2D eigenvalue weighted by Crippen LogP contribution is 2.22. The maximum Gasteiger partial charge on any atom is 0.362 e. The molecule has 24 heavy (non-hydrogen) atoms. The zero-order valence-electron chi connectivity index (χ0n) is 13.3. The average Bonchev–Trinajstić information content (AvgIpc) is 3.04. The maximum absolute atomic E-state index is 11.0. The van der Waals surface area contributed by atoms with Crippen LogP contribution in [0.25, 0.3) is 0 Å². The Bertz CT molecular complexity index is 765. The summed E-state index contributed by atoms with van der Waals surface area (Å²) < 4.78 is 5.46. The van der Waals surface area contributed by atoms with Crippen molar-refractivity contribution < 1.29 is 14.6 Å². The highest BCUT2D eigenvalue weighted by Gasteiger charge is 2.17. The molecule has 1 aromatic heterocycles. The Labute approximate surface area is 139 Å². The van der Waals surface area contributed by atoms with Crippen molar-refractivity contribution >= 4 is 5.97 Å². The van der Waals surface area contributed by atoms with Gasteiger partial charge in [-0.3, -0.25) is 0 Å². The Morgan fingerprint density at radius 3 is 2.71 bits per heavy atom. The van der Waals surface area contributed by atoms with Crippen molar-refractivity contribution in [3.8, 4) is 23.5 Å². The van der Waals surface area contributed by atoms with E-state index in [1.54, 1.807) is 12.1 Å². The number of piperidine rings is 1. The van der Waals surface area contributed by atoms with E-state index in [-0.39, 0.29) is 11.6 Å². The molecule has 0 bridgehead atoms. The molecule has 0 unspecified atom stereocenters. The second-order valence-corrected chi connectivity index (χ2v) is 5.77. The number of benzene rings is 1. The molecule has 0 radical (unpaired) electrons. The van der Waals surface area contributed by atoms with Gasteiger partial charge in [0, 0.05) is 11.5 Å². The second kappa shape index (κ2) is 7.15. The fraction of sp³-hybridized carbons (Fsp3) is 0.353. The number of aromatic amines is 1. The van der Waals surface area contributed by atoms with Crippen LogP contribution in [-0.2, 0) is 0 Å². The molecule has 0 saturated carbocycles. The largest absolute Gasteiger partial charge is 0.476 e. The number of aromatic nitrogens is 3. The molecule has 1 fully saturated rings. The van der Waals surface area contributed by atoms with Gasteiger partial charge >= 0.3 is 5.97 Å². The summed E-state index contributed by atoms with van der Waals surface area (Å²) in [5.41, 5.74) is 0.656. The van der Waals surface area contributed by atoms with E-state index in [1.165, 1.54) is 0 Å². The zero-order valence-corrected chi connectivity index (χ0v) is 13.3. The molecule has 0 aliphatic carbocycles. The van der Waals surface area contributed by atoms with Gasteiger partial charge in [-0.2, -0.15) is 0 Å². The first-order valence-electron chi connectivity index (χ1n) is 7.74. The average molecular weight is 326 g/mol. The third kappa shape index (κ3) is 3.91. The van der Waals surface area contributed by atoms with E-state index in [0.29, 0.717) is 11.7 Å². The van der Waals surface area contributed by atoms with Crippen molar-refractivity contribution in [3.05, 3.63) is 35.5 Å². The number of nitrogens with zero attached hydrogens (tertiary/aromatic N) is 3. The topological polar surface area (TPSA) is 91.3 Å². The number of carboxylic acid groups (broad SMARTS) is 1. The Kier molecular flexibility index (Phi) is 4.77. The number of likely N-dealkylation sites (tertiary alicyclic amines) is 1. The monoisotopic (exact) mass is 326 g/mol. The van der Waals surface area contributed by atoms with Crippen LogP contribution in [-0.4, -0.2) is 51.5 Å². The predicted octanol–water partition coefficient (Wildman–Crippen LogP) is 1.99. The van der Waals surface area contributed by atoms with Crippen molar-refractivity contribution in [2.24, 2.45) is 5.92 Å². The third-order valence-electron chi connectivity index (χ3n) is 3.93. The van der Waals surface area contributed by atoms with Gasteiger partial charge in [-0.1, -0.05) is 17.1 Å². The SMILES string of the molecule is CN1CCC(C#Cc2ccc(Oc3[nH]nnc3C(=O)O)cc2)CC1. The van der Waals surface area contributed by atoms with Crippen molar-refractivity contribution in [1.29, 1.82) is 0 Å². The van der Waals surface area contributed by atoms with Crippen molar-refractivity contribution in [1.82, 2.24) is 20.3 Å². The number of carboxylic acids is 1. The fourth-order valence-corrected chi connectivity index (χ4v) is 2.49. The van der Waals surface area contributed by atoms with Crippen LogP contribution in [0.4, 0.5) is 0 Å². The van der Waals surface area contributed by atoms with E-state index < -0.39 is 5.97 Å². The molecular weight excluding hydrogens is 308 g/mol. The standard InChI is InChI=1S/C17H18N4O3/c1-21-10-8-13(9-11-21)3-2-12-4-6-14(7-5-12)24-16-15(17(22)23)18-20-19-16/h4-7,13H,8-11H2,1H3,(H,22,23)(H,18,19,20). The molecule has 0 amide bonds. The number of ether oxygens (including phenoxy) is 1. The highest BCUT2D eigenvalue weighted by atomic mass is 16.5. The number of aromatic carboxylic acids is 1. The molecule has 1 aliphatic rings. The van der Waals surface area contributed by atoms with Gasteiger partial charge in [0.25, 0.3) is 5.88 Å². The van der Waals surface area contributed by atoms with Crippen LogP contribution in [0, 0.1) is 17.8 Å². The summed E-state index contributed by atoms with van der Waals surface area (Å²) in [7, 11) is 2.13. The fourth-order valence-electron chi connectivity index (χ4n) is 2.49. The van der Waals surface area contributed by atoms with Crippen molar-refractivity contribution in [2.45, 2.75) is 12.8 Å². The van der Waals surface area contributed by atoms with Gasteiger partial charge in [-0.05, 0) is 57.2 Å². The van der Waals surface area contributed by atoms with Gasteiger partial charge < -0.3 is 14.7 Å². The molecule has 2 N–H and O–H groups in total. The lowest BCUT2D eigenvalue weighted by Crippen LogP contribution is -2.29. The molecular formula is C17H18N4O3. The maximum atomic E-state index is 11.0. The van der Waals surface area contributed by atoms with E-state index in [4.69, 9.17) is 9.84 Å². The molecule has 0 atom stereocenters. The minimum absolute atomic E-state index is 0.00709. The number of hydrogen-bond donors (Lipinski definition) is 2. The van der Waals surface area contributed by atoms with Crippen LogP contribution in [0.1, 0.15) is 28.9 Å². The molecule has 1 aliphatic heterocycles. The van der Waals surface area contributed by atoms with E-state index >= 15 is 0 Å². The minimum atomic E-state index is -1.20. The smallest absolute Gasteiger partial charge is 0.362 e. The molecule has 0 spiro atoms. The molecule has 7 heteroatoms. The number of nitrogens with one attached hydrogen (secondary N) is 1. The summed E-state index contributed by atoms with van der Waals surface area (Å²) >= 11 is 0. The van der Waals surface area contributed by atoms with Gasteiger partial charge in [-0.25, -0.2) is 9.89 Å². The van der Waals surface area contributed by atoms with Gasteiger partial charge in [0.05, 0.1) is 0 Å². The Morgan fingerprint density at radius 1 is 1.33 bits per heavy atom. The van der Waals surface area contributed by atoms with Gasteiger partial charge in [-0.15, -0.1) is 5.10 Å². The van der Waals surface area contributed by atoms with Crippen LogP contribution in [0.3, 0.4) is 0 Å². The van der Waals surface area contributed by atoms with E-state index in [9.17, 15) is 4.79 Å². The van der Waals surface area contributed by atoms with E-state index in [1.807, 2.05) is 12.1 Å². The summed E-state index contributed by atoms with van der Waals surface area (Å²) in [4.78, 5) is 13.3. The lowest BCUT2D eigenvalue weighted by Gasteiger charge is -2.25. The van der Waals surface area contributed by atoms with Gasteiger partial charge in [0.1, 0.15) is 5.75 Å². The van der Waals surface area contributed by atoms with Crippen LogP contribution < -0.4 is 4.74 Å². The zero-order chi connectivity index (χ0) is 16.9. The number of carbonyl (C=O) groups is 1. The first kappa shape index (κ1) is 16.0. The second-order valence-electron chi connectivity index (χ2n) is 5.77. The number of H-pyrrole nitrogens is 1. The molecule has 1 aromatic carbocycles. The molecule has 124 valence electrons. The van der Waals surface area contributed by atoms with Crippen LogP contribution in [0.2, 0.25) is 0 Å². The summed E-state index contributed by atoms with van der Waals surface area (Å²) in [6, 6.07) is 7.18. The first-order valence-corrected chi connectivity index (χ1v) is 7.74. The summed E-state index contributed by atoms with van der Waals surface area (Å²) in [5, 5.41) is 18.3. The van der Waals surface area contributed by atoms with Crippen LogP contribution in [0.15, 0.2) is 24.3 Å². The molecule has 3 rings (SSSR count). The lowest BCUT2D eigenvalue weighted by atomic mass is 9.97. The summed E-state index contributed by atoms with van der Waals surface area (Å²) in [6.45, 7) is 2.19. The number of rotatable bonds is 3. The Balaban J connectivity index is 1.63. The van der Waals surface area contributed by atoms with Gasteiger partial charge in [0.15, 0.2) is 0 Å². The first-order chi connectivity index (χ1) is 11.6. The Hall–Kier alpha value is -2.85. The van der Waals surface area contributed by atoms with E-state index in [2.05, 4.69) is 39.2 Å². The molecule has 1 saturated heterocycles. The van der Waals surface area contributed by atoms with Crippen LogP contribution >= 0.6 is 0 Å². The van der Waals surface area contributed by atoms with Crippen molar-refractivity contribution in [2.75, 3.05) is 20.1 Å². The predicted molar refractivity (Wildman–Crippen MR) is 87.0 cm³/mol. The third-order valence-corrected chi connectivity index (χ3v) is 3.93. The van der Waals surface area contributed by atoms with Gasteiger partial charge in [0.2, 0.25) is 5.69 Å². The van der Waals surface area contributed by atoms with Crippen LogP contribution in [0.5, 0.6) is 11.6 Å².